The molecule has 5 nitrogen and oxygen atoms in total. The fourth-order valence-corrected chi connectivity index (χ4v) is 4.77. The predicted molar refractivity (Wildman–Crippen MR) is 96.8 cm³/mol. The summed E-state index contributed by atoms with van der Waals surface area (Å²) >= 11 is 0. The number of aryl methyl sites for hydroxylation is 1. The molecule has 3 heterocycles. The van der Waals surface area contributed by atoms with E-state index >= 15 is 0 Å². The van der Waals surface area contributed by atoms with Gasteiger partial charge in [0.05, 0.1) is 11.0 Å². The Morgan fingerprint density at radius 1 is 1.23 bits per heavy atom. The molecule has 5 heteroatoms. The van der Waals surface area contributed by atoms with Gasteiger partial charge in [0, 0.05) is 24.5 Å². The first-order valence-corrected chi connectivity index (χ1v) is 9.03. The number of rotatable bonds is 4. The molecule has 1 N–H and O–H groups in total. The number of nitrogens with zero attached hydrogens (tertiary/aromatic N) is 2. The van der Waals surface area contributed by atoms with Gasteiger partial charge in [0.15, 0.2) is 0 Å². The van der Waals surface area contributed by atoms with Crippen LogP contribution < -0.4 is 0 Å². The number of carboxylic acid groups (broad SMARTS) is 1. The monoisotopic (exact) mass is 350 g/mol. The van der Waals surface area contributed by atoms with Crippen molar-refractivity contribution in [2.24, 2.45) is 5.41 Å². The summed E-state index contributed by atoms with van der Waals surface area (Å²) < 4.78 is 0. The van der Waals surface area contributed by atoms with E-state index in [1.807, 2.05) is 48.2 Å². The Labute approximate surface area is 152 Å². The molecule has 2 saturated heterocycles. The molecule has 0 radical (unpaired) electrons. The quantitative estimate of drug-likeness (QED) is 0.920. The number of carbonyl (C=O) groups is 2. The van der Waals surface area contributed by atoms with Crippen molar-refractivity contribution in [1.82, 2.24) is 9.88 Å². The molecule has 0 spiro atoms. The van der Waals surface area contributed by atoms with Gasteiger partial charge in [0.25, 0.3) is 5.91 Å². The van der Waals surface area contributed by atoms with Crippen molar-refractivity contribution in [3.8, 4) is 0 Å². The first-order valence-electron chi connectivity index (χ1n) is 9.03. The Hall–Kier alpha value is -2.69. The summed E-state index contributed by atoms with van der Waals surface area (Å²) in [7, 11) is 0. The second-order valence-corrected chi connectivity index (χ2v) is 7.48. The second-order valence-electron chi connectivity index (χ2n) is 7.48. The zero-order valence-corrected chi connectivity index (χ0v) is 14.8. The molecule has 4 rings (SSSR count). The van der Waals surface area contributed by atoms with Crippen molar-refractivity contribution < 1.29 is 14.7 Å². The molecule has 2 aliphatic rings. The smallest absolute Gasteiger partial charge is 0.312 e. The van der Waals surface area contributed by atoms with Crippen LogP contribution in [0.2, 0.25) is 0 Å². The molecule has 0 saturated carbocycles. The highest BCUT2D eigenvalue weighted by atomic mass is 16.4. The number of benzene rings is 1. The van der Waals surface area contributed by atoms with Crippen molar-refractivity contribution in [2.75, 3.05) is 0 Å². The lowest BCUT2D eigenvalue weighted by atomic mass is 9.70. The summed E-state index contributed by atoms with van der Waals surface area (Å²) in [5.74, 6) is -0.881. The molecule has 1 aromatic heterocycles. The average molecular weight is 350 g/mol. The summed E-state index contributed by atoms with van der Waals surface area (Å²) in [6.07, 6.45) is 5.86. The van der Waals surface area contributed by atoms with Gasteiger partial charge in [-0.05, 0) is 49.8 Å². The molecule has 134 valence electrons. The lowest BCUT2D eigenvalue weighted by Crippen LogP contribution is -2.46. The van der Waals surface area contributed by atoms with Crippen LogP contribution in [0.4, 0.5) is 0 Å². The van der Waals surface area contributed by atoms with E-state index in [-0.39, 0.29) is 18.0 Å². The molecule has 0 aliphatic carbocycles. The molecule has 2 aromatic rings. The normalized spacial score (nSPS) is 26.9. The van der Waals surface area contributed by atoms with E-state index in [0.29, 0.717) is 18.4 Å². The van der Waals surface area contributed by atoms with E-state index in [1.54, 1.807) is 12.4 Å². The van der Waals surface area contributed by atoms with Gasteiger partial charge in [-0.2, -0.15) is 0 Å². The number of aliphatic carboxylic acids is 1. The topological polar surface area (TPSA) is 70.5 Å². The van der Waals surface area contributed by atoms with Crippen LogP contribution in [0.15, 0.2) is 48.8 Å². The van der Waals surface area contributed by atoms with Gasteiger partial charge in [-0.25, -0.2) is 0 Å². The Morgan fingerprint density at radius 2 is 2.00 bits per heavy atom. The first-order chi connectivity index (χ1) is 12.5. The molecule has 1 aromatic carbocycles. The van der Waals surface area contributed by atoms with Gasteiger partial charge in [0.1, 0.15) is 0 Å². The number of aromatic nitrogens is 1. The third-order valence-corrected chi connectivity index (χ3v) is 6.03. The number of hydrogen-bond acceptors (Lipinski definition) is 3. The maximum Gasteiger partial charge on any atom is 0.312 e. The summed E-state index contributed by atoms with van der Waals surface area (Å²) in [6.45, 7) is 1.89. The molecule has 0 unspecified atom stereocenters. The minimum absolute atomic E-state index is 0.00748. The van der Waals surface area contributed by atoms with E-state index in [9.17, 15) is 14.7 Å². The van der Waals surface area contributed by atoms with Crippen LogP contribution in [0.3, 0.4) is 0 Å². The number of carboxylic acids is 1. The summed E-state index contributed by atoms with van der Waals surface area (Å²) in [4.78, 5) is 31.4. The molecule has 2 aliphatic heterocycles. The molecule has 2 bridgehead atoms. The molecule has 26 heavy (non-hydrogen) atoms. The summed E-state index contributed by atoms with van der Waals surface area (Å²) in [5, 5.41) is 10.1. The van der Waals surface area contributed by atoms with E-state index in [0.717, 1.165) is 24.0 Å². The Balaban J connectivity index is 1.69. The SMILES string of the molecule is Cc1ccncc1C(=O)N1[C@H]2CC[C@@H]1[C@](Cc1ccccc1)(C(=O)O)C2. The van der Waals surface area contributed by atoms with Crippen LogP contribution in [-0.4, -0.2) is 39.0 Å². The van der Waals surface area contributed by atoms with Gasteiger partial charge in [-0.1, -0.05) is 30.3 Å². The maximum absolute atomic E-state index is 13.2. The maximum atomic E-state index is 13.2. The molecule has 3 atom stereocenters. The van der Waals surface area contributed by atoms with Crippen LogP contribution in [0.1, 0.15) is 40.7 Å². The lowest BCUT2D eigenvalue weighted by Gasteiger charge is -2.33. The van der Waals surface area contributed by atoms with Gasteiger partial charge in [-0.3, -0.25) is 14.6 Å². The summed E-state index contributed by atoms with van der Waals surface area (Å²) in [5.41, 5.74) is 1.55. The molecular formula is C21H22N2O3. The zero-order valence-electron chi connectivity index (χ0n) is 14.8. The molecule has 1 amide bonds. The van der Waals surface area contributed by atoms with Crippen molar-refractivity contribution in [3.63, 3.8) is 0 Å². The van der Waals surface area contributed by atoms with Crippen molar-refractivity contribution in [1.29, 1.82) is 0 Å². The second kappa shape index (κ2) is 6.24. The number of carbonyl (C=O) groups excluding carboxylic acids is 1. The van der Waals surface area contributed by atoms with Crippen LogP contribution in [0, 0.1) is 12.3 Å². The summed E-state index contributed by atoms with van der Waals surface area (Å²) in [6, 6.07) is 11.3. The molecule has 2 fully saturated rings. The Bertz CT molecular complexity index is 851. The van der Waals surface area contributed by atoms with E-state index in [1.165, 1.54) is 0 Å². The highest BCUT2D eigenvalue weighted by Gasteiger charge is 2.61. The highest BCUT2D eigenvalue weighted by Crippen LogP contribution is 2.52. The van der Waals surface area contributed by atoms with Gasteiger partial charge in [0.2, 0.25) is 0 Å². The fraction of sp³-hybridized carbons (Fsp3) is 0.381. The van der Waals surface area contributed by atoms with E-state index < -0.39 is 11.4 Å². The Kier molecular flexibility index (Phi) is 4.02. The molecular weight excluding hydrogens is 328 g/mol. The van der Waals surface area contributed by atoms with Gasteiger partial charge in [-0.15, -0.1) is 0 Å². The minimum atomic E-state index is -0.907. The Morgan fingerprint density at radius 3 is 2.69 bits per heavy atom. The van der Waals surface area contributed by atoms with Crippen LogP contribution >= 0.6 is 0 Å². The third-order valence-electron chi connectivity index (χ3n) is 6.03. The van der Waals surface area contributed by atoms with Crippen LogP contribution in [-0.2, 0) is 11.2 Å². The fourth-order valence-electron chi connectivity index (χ4n) is 4.77. The average Bonchev–Trinajstić information content (AvgIpc) is 3.19. The van der Waals surface area contributed by atoms with Gasteiger partial charge < -0.3 is 10.0 Å². The van der Waals surface area contributed by atoms with Gasteiger partial charge >= 0.3 is 5.97 Å². The number of fused-ring (bicyclic) bond motifs is 2. The van der Waals surface area contributed by atoms with Crippen molar-refractivity contribution in [3.05, 3.63) is 65.5 Å². The first kappa shape index (κ1) is 16.8. The standard InChI is InChI=1S/C21H22N2O3/c1-14-9-10-22-13-17(14)19(24)23-16-7-8-18(23)21(12-16,20(25)26)11-15-5-3-2-4-6-15/h2-6,9-10,13,16,18H,7-8,11-12H2,1H3,(H,25,26)/t16-,18+,21+/m0/s1. The van der Waals surface area contributed by atoms with Crippen molar-refractivity contribution >= 4 is 11.9 Å². The minimum Gasteiger partial charge on any atom is -0.481 e. The van der Waals surface area contributed by atoms with Crippen LogP contribution in [0.25, 0.3) is 0 Å². The number of pyridine rings is 1. The van der Waals surface area contributed by atoms with Crippen LogP contribution in [0.5, 0.6) is 0 Å². The highest BCUT2D eigenvalue weighted by molar-refractivity contribution is 5.97. The van der Waals surface area contributed by atoms with E-state index in [2.05, 4.69) is 4.98 Å². The zero-order chi connectivity index (χ0) is 18.3. The number of hydrogen-bond donors (Lipinski definition) is 1. The van der Waals surface area contributed by atoms with Crippen molar-refractivity contribution in [2.45, 2.75) is 44.7 Å². The predicted octanol–water partition coefficient (Wildman–Crippen LogP) is 3.08. The largest absolute Gasteiger partial charge is 0.481 e. The van der Waals surface area contributed by atoms with E-state index in [4.69, 9.17) is 0 Å². The number of amides is 1. The lowest BCUT2D eigenvalue weighted by molar-refractivity contribution is -0.150. The third kappa shape index (κ3) is 2.50.